The van der Waals surface area contributed by atoms with E-state index in [-0.39, 0.29) is 17.9 Å². The third-order valence-electron chi connectivity index (χ3n) is 3.63. The van der Waals surface area contributed by atoms with Crippen molar-refractivity contribution < 1.29 is 14.3 Å². The van der Waals surface area contributed by atoms with E-state index in [4.69, 9.17) is 4.74 Å². The molecule has 0 radical (unpaired) electrons. The van der Waals surface area contributed by atoms with E-state index in [1.807, 2.05) is 0 Å². The van der Waals surface area contributed by atoms with Gasteiger partial charge in [-0.05, 0) is 32.1 Å². The summed E-state index contributed by atoms with van der Waals surface area (Å²) in [7, 11) is 0. The van der Waals surface area contributed by atoms with Crippen LogP contribution in [0.25, 0.3) is 0 Å². The summed E-state index contributed by atoms with van der Waals surface area (Å²) >= 11 is 0. The highest BCUT2D eigenvalue weighted by atomic mass is 16.5. The first-order chi connectivity index (χ1) is 7.16. The van der Waals surface area contributed by atoms with E-state index in [0.717, 1.165) is 19.3 Å². The molecule has 3 unspecified atom stereocenters. The van der Waals surface area contributed by atoms with Gasteiger partial charge >= 0.3 is 5.97 Å². The van der Waals surface area contributed by atoms with Crippen molar-refractivity contribution in [2.24, 2.45) is 11.8 Å². The summed E-state index contributed by atoms with van der Waals surface area (Å²) in [6, 6.07) is 0. The number of rotatable bonds is 2. The lowest BCUT2D eigenvalue weighted by Crippen LogP contribution is -2.23. The van der Waals surface area contributed by atoms with Crippen LogP contribution in [0.5, 0.6) is 0 Å². The minimum absolute atomic E-state index is 0.0690. The molecule has 2 fully saturated rings. The van der Waals surface area contributed by atoms with Gasteiger partial charge in [0, 0.05) is 12.3 Å². The predicted octanol–water partition coefficient (Wildman–Crippen LogP) is 2.09. The number of fused-ring (bicyclic) bond motifs is 1. The number of carbonyl (C=O) groups excluding carboxylic acids is 2. The lowest BCUT2D eigenvalue weighted by molar-refractivity contribution is -0.141. The fourth-order valence-electron chi connectivity index (χ4n) is 2.96. The molecule has 0 N–H and O–H groups in total. The van der Waals surface area contributed by atoms with Crippen molar-refractivity contribution in [1.29, 1.82) is 0 Å². The normalized spacial score (nSPS) is 35.5. The average molecular weight is 210 g/mol. The first kappa shape index (κ1) is 10.7. The van der Waals surface area contributed by atoms with Gasteiger partial charge in [0.05, 0.1) is 6.42 Å². The maximum atomic E-state index is 11.2. The quantitative estimate of drug-likeness (QED) is 0.655. The summed E-state index contributed by atoms with van der Waals surface area (Å²) in [5.41, 5.74) is 0. The van der Waals surface area contributed by atoms with Gasteiger partial charge in [-0.25, -0.2) is 0 Å². The SMILES string of the molecule is CC(=O)CC1CCCCC2OC(=O)CC12. The monoisotopic (exact) mass is 210 g/mol. The van der Waals surface area contributed by atoms with Gasteiger partial charge in [-0.3, -0.25) is 4.79 Å². The number of ketones is 1. The first-order valence-corrected chi connectivity index (χ1v) is 5.85. The van der Waals surface area contributed by atoms with Crippen molar-refractivity contribution in [3.63, 3.8) is 0 Å². The number of Topliss-reactive ketones (excluding diaryl/α,β-unsaturated/α-hetero) is 1. The van der Waals surface area contributed by atoms with Gasteiger partial charge in [-0.15, -0.1) is 0 Å². The fourth-order valence-corrected chi connectivity index (χ4v) is 2.96. The van der Waals surface area contributed by atoms with Crippen molar-refractivity contribution in [2.75, 3.05) is 0 Å². The number of ether oxygens (including phenoxy) is 1. The summed E-state index contributed by atoms with van der Waals surface area (Å²) < 4.78 is 5.31. The molecule has 3 nitrogen and oxygen atoms in total. The molecule has 1 aliphatic heterocycles. The van der Waals surface area contributed by atoms with Crippen molar-refractivity contribution in [3.05, 3.63) is 0 Å². The summed E-state index contributed by atoms with van der Waals surface area (Å²) in [6.07, 6.45) is 5.62. The molecule has 0 aromatic rings. The summed E-state index contributed by atoms with van der Waals surface area (Å²) in [5.74, 6) is 0.853. The Balaban J connectivity index is 2.07. The predicted molar refractivity (Wildman–Crippen MR) is 55.2 cm³/mol. The summed E-state index contributed by atoms with van der Waals surface area (Å²) in [4.78, 5) is 22.4. The Hall–Kier alpha value is -0.860. The molecule has 3 atom stereocenters. The van der Waals surface area contributed by atoms with Crippen molar-refractivity contribution in [2.45, 2.75) is 51.6 Å². The molecule has 0 aromatic heterocycles. The Morgan fingerprint density at radius 1 is 1.40 bits per heavy atom. The molecule has 0 aromatic carbocycles. The Kier molecular flexibility index (Phi) is 3.08. The number of esters is 1. The van der Waals surface area contributed by atoms with Crippen molar-refractivity contribution in [1.82, 2.24) is 0 Å². The molecule has 84 valence electrons. The van der Waals surface area contributed by atoms with Gasteiger partial charge in [0.1, 0.15) is 11.9 Å². The van der Waals surface area contributed by atoms with Crippen LogP contribution in [0.2, 0.25) is 0 Å². The van der Waals surface area contributed by atoms with Gasteiger partial charge < -0.3 is 9.53 Å². The number of carbonyl (C=O) groups is 2. The van der Waals surface area contributed by atoms with E-state index < -0.39 is 0 Å². The second kappa shape index (κ2) is 4.33. The Labute approximate surface area is 90.2 Å². The zero-order valence-electron chi connectivity index (χ0n) is 9.20. The summed E-state index contributed by atoms with van der Waals surface area (Å²) in [5, 5.41) is 0. The highest BCUT2D eigenvalue weighted by molar-refractivity contribution is 5.76. The van der Waals surface area contributed by atoms with Crippen LogP contribution < -0.4 is 0 Å². The standard InChI is InChI=1S/C12H18O3/c1-8(13)6-9-4-2-3-5-11-10(9)7-12(14)15-11/h9-11H,2-7H2,1H3. The number of hydrogen-bond donors (Lipinski definition) is 0. The Bertz CT molecular complexity index is 272. The zero-order chi connectivity index (χ0) is 10.8. The lowest BCUT2D eigenvalue weighted by atomic mass is 9.82. The number of hydrogen-bond acceptors (Lipinski definition) is 3. The van der Waals surface area contributed by atoms with Gasteiger partial charge in [0.2, 0.25) is 0 Å². The molecule has 3 heteroatoms. The van der Waals surface area contributed by atoms with Crippen LogP contribution in [-0.4, -0.2) is 17.9 Å². The zero-order valence-corrected chi connectivity index (χ0v) is 9.20. The highest BCUT2D eigenvalue weighted by Crippen LogP contribution is 2.39. The van der Waals surface area contributed by atoms with E-state index >= 15 is 0 Å². The largest absolute Gasteiger partial charge is 0.462 e. The molecule has 0 spiro atoms. The van der Waals surface area contributed by atoms with Gasteiger partial charge in [-0.1, -0.05) is 6.42 Å². The second-order valence-corrected chi connectivity index (χ2v) is 4.85. The van der Waals surface area contributed by atoms with Crippen molar-refractivity contribution >= 4 is 11.8 Å². The van der Waals surface area contributed by atoms with E-state index in [1.54, 1.807) is 6.92 Å². The average Bonchev–Trinajstić information content (AvgIpc) is 2.43. The minimum Gasteiger partial charge on any atom is -0.462 e. The van der Waals surface area contributed by atoms with Gasteiger partial charge in [-0.2, -0.15) is 0 Å². The van der Waals surface area contributed by atoms with Crippen LogP contribution in [-0.2, 0) is 14.3 Å². The molecule has 1 heterocycles. The van der Waals surface area contributed by atoms with Crippen LogP contribution in [0.1, 0.15) is 45.4 Å². The third-order valence-corrected chi connectivity index (χ3v) is 3.63. The highest BCUT2D eigenvalue weighted by Gasteiger charge is 2.40. The van der Waals surface area contributed by atoms with Crippen LogP contribution in [0.3, 0.4) is 0 Å². The van der Waals surface area contributed by atoms with Crippen molar-refractivity contribution in [3.8, 4) is 0 Å². The molecular formula is C12H18O3. The molecule has 2 aliphatic rings. The van der Waals surface area contributed by atoms with Crippen LogP contribution in [0.4, 0.5) is 0 Å². The maximum Gasteiger partial charge on any atom is 0.306 e. The molecule has 1 aliphatic carbocycles. The molecule has 2 rings (SSSR count). The summed E-state index contributed by atoms with van der Waals surface area (Å²) in [6.45, 7) is 1.64. The Morgan fingerprint density at radius 3 is 2.87 bits per heavy atom. The first-order valence-electron chi connectivity index (χ1n) is 5.85. The second-order valence-electron chi connectivity index (χ2n) is 4.85. The molecule has 0 amide bonds. The van der Waals surface area contributed by atoms with E-state index in [9.17, 15) is 9.59 Å². The van der Waals surface area contributed by atoms with E-state index in [1.165, 1.54) is 6.42 Å². The smallest absolute Gasteiger partial charge is 0.306 e. The minimum atomic E-state index is -0.0690. The molecule has 1 saturated carbocycles. The lowest BCUT2D eigenvalue weighted by Gasteiger charge is -2.22. The van der Waals surface area contributed by atoms with Crippen LogP contribution in [0, 0.1) is 11.8 Å². The van der Waals surface area contributed by atoms with E-state index in [2.05, 4.69) is 0 Å². The molecule has 15 heavy (non-hydrogen) atoms. The van der Waals surface area contributed by atoms with Gasteiger partial charge in [0.15, 0.2) is 0 Å². The molecular weight excluding hydrogens is 192 g/mol. The van der Waals surface area contributed by atoms with Crippen LogP contribution in [0.15, 0.2) is 0 Å². The topological polar surface area (TPSA) is 43.4 Å². The third kappa shape index (κ3) is 2.39. The maximum absolute atomic E-state index is 11.2. The Morgan fingerprint density at radius 2 is 2.13 bits per heavy atom. The van der Waals surface area contributed by atoms with E-state index in [0.29, 0.717) is 24.7 Å². The fraction of sp³-hybridized carbons (Fsp3) is 0.833. The molecule has 0 bridgehead atoms. The van der Waals surface area contributed by atoms with Gasteiger partial charge in [0.25, 0.3) is 0 Å². The molecule has 1 saturated heterocycles. The van der Waals surface area contributed by atoms with Crippen LogP contribution >= 0.6 is 0 Å².